The summed E-state index contributed by atoms with van der Waals surface area (Å²) in [7, 11) is 1.67. The Labute approximate surface area is 115 Å². The van der Waals surface area contributed by atoms with Gasteiger partial charge in [0.1, 0.15) is 18.1 Å². The molecule has 0 heterocycles. The van der Waals surface area contributed by atoms with Gasteiger partial charge in [0, 0.05) is 0 Å². The zero-order valence-corrected chi connectivity index (χ0v) is 11.7. The molecule has 0 N–H and O–H groups in total. The maximum atomic E-state index is 5.76. The predicted octanol–water partition coefficient (Wildman–Crippen LogP) is 3.88. The lowest BCUT2D eigenvalue weighted by atomic mass is 10.2. The number of rotatable bonds is 4. The molecule has 2 rings (SSSR count). The van der Waals surface area contributed by atoms with E-state index in [-0.39, 0.29) is 0 Å². The van der Waals surface area contributed by atoms with Crippen LogP contribution in [0.15, 0.2) is 48.5 Å². The molecule has 0 aliphatic carbocycles. The van der Waals surface area contributed by atoms with Gasteiger partial charge in [-0.15, -0.1) is 0 Å². The Hall–Kier alpha value is -1.23. The van der Waals surface area contributed by atoms with E-state index in [1.165, 1.54) is 0 Å². The highest BCUT2D eigenvalue weighted by atomic mass is 127. The molecule has 0 saturated carbocycles. The average molecular weight is 340 g/mol. The van der Waals surface area contributed by atoms with Gasteiger partial charge in [-0.3, -0.25) is 0 Å². The van der Waals surface area contributed by atoms with Gasteiger partial charge in [0.05, 0.1) is 10.7 Å². The molecule has 2 aromatic carbocycles. The third kappa shape index (κ3) is 3.36. The summed E-state index contributed by atoms with van der Waals surface area (Å²) >= 11 is 2.27. The summed E-state index contributed by atoms with van der Waals surface area (Å²) in [6.07, 6.45) is 0. The maximum Gasteiger partial charge on any atom is 0.133 e. The van der Waals surface area contributed by atoms with Crippen molar-refractivity contribution < 1.29 is 9.47 Å². The lowest BCUT2D eigenvalue weighted by Gasteiger charge is -2.08. The van der Waals surface area contributed by atoms with Gasteiger partial charge in [0.15, 0.2) is 0 Å². The fourth-order valence-electron chi connectivity index (χ4n) is 1.49. The van der Waals surface area contributed by atoms with E-state index in [9.17, 15) is 0 Å². The fourth-order valence-corrected chi connectivity index (χ4v) is 2.03. The predicted molar refractivity (Wildman–Crippen MR) is 76.5 cm³/mol. The Morgan fingerprint density at radius 1 is 1.06 bits per heavy atom. The summed E-state index contributed by atoms with van der Waals surface area (Å²) in [5, 5.41) is 0. The van der Waals surface area contributed by atoms with E-state index in [0.29, 0.717) is 6.61 Å². The van der Waals surface area contributed by atoms with E-state index in [1.54, 1.807) is 7.11 Å². The maximum absolute atomic E-state index is 5.76. The van der Waals surface area contributed by atoms with Crippen molar-refractivity contribution >= 4 is 22.6 Å². The molecule has 0 fully saturated rings. The molecule has 0 aromatic heterocycles. The highest BCUT2D eigenvalue weighted by Gasteiger charge is 2.00. The largest absolute Gasteiger partial charge is 0.497 e. The number of ether oxygens (including phenoxy) is 2. The second-order valence-electron chi connectivity index (χ2n) is 3.57. The summed E-state index contributed by atoms with van der Waals surface area (Å²) in [5.74, 6) is 1.77. The standard InChI is InChI=1S/C14H13IO2/c1-16-12-6-4-5-11(9-12)10-17-14-8-3-2-7-13(14)15/h2-9H,10H2,1H3. The van der Waals surface area contributed by atoms with Crippen LogP contribution in [0.5, 0.6) is 11.5 Å². The van der Waals surface area contributed by atoms with E-state index in [1.807, 2.05) is 48.5 Å². The molecule has 88 valence electrons. The van der Waals surface area contributed by atoms with Crippen molar-refractivity contribution in [2.24, 2.45) is 0 Å². The quantitative estimate of drug-likeness (QED) is 0.787. The summed E-state index contributed by atoms with van der Waals surface area (Å²) in [4.78, 5) is 0. The Morgan fingerprint density at radius 2 is 1.88 bits per heavy atom. The molecule has 0 unspecified atom stereocenters. The first kappa shape index (κ1) is 12.2. The number of benzene rings is 2. The van der Waals surface area contributed by atoms with Crippen molar-refractivity contribution in [3.05, 3.63) is 57.7 Å². The SMILES string of the molecule is COc1cccc(COc2ccccc2I)c1. The van der Waals surface area contributed by atoms with Gasteiger partial charge in [-0.25, -0.2) is 0 Å². The van der Waals surface area contributed by atoms with Crippen molar-refractivity contribution in [1.82, 2.24) is 0 Å². The van der Waals surface area contributed by atoms with Gasteiger partial charge in [-0.05, 0) is 52.4 Å². The van der Waals surface area contributed by atoms with E-state index < -0.39 is 0 Å². The molecule has 0 aliphatic rings. The van der Waals surface area contributed by atoms with Crippen molar-refractivity contribution in [2.75, 3.05) is 7.11 Å². The van der Waals surface area contributed by atoms with Gasteiger partial charge >= 0.3 is 0 Å². The summed E-state index contributed by atoms with van der Waals surface area (Å²) in [5.41, 5.74) is 1.10. The lowest BCUT2D eigenvalue weighted by molar-refractivity contribution is 0.303. The van der Waals surface area contributed by atoms with Crippen molar-refractivity contribution in [2.45, 2.75) is 6.61 Å². The van der Waals surface area contributed by atoms with Gasteiger partial charge < -0.3 is 9.47 Å². The minimum absolute atomic E-state index is 0.553. The highest BCUT2D eigenvalue weighted by Crippen LogP contribution is 2.21. The van der Waals surface area contributed by atoms with E-state index in [2.05, 4.69) is 22.6 Å². The average Bonchev–Trinajstić information content (AvgIpc) is 2.38. The first-order valence-electron chi connectivity index (χ1n) is 5.30. The molecule has 0 aliphatic heterocycles. The minimum atomic E-state index is 0.553. The molecular weight excluding hydrogens is 327 g/mol. The number of para-hydroxylation sites is 1. The zero-order chi connectivity index (χ0) is 12.1. The molecule has 0 radical (unpaired) electrons. The molecule has 0 spiro atoms. The third-order valence-corrected chi connectivity index (χ3v) is 3.26. The number of hydrogen-bond acceptors (Lipinski definition) is 2. The van der Waals surface area contributed by atoms with Crippen LogP contribution in [0.2, 0.25) is 0 Å². The van der Waals surface area contributed by atoms with Crippen LogP contribution in [0, 0.1) is 3.57 Å². The van der Waals surface area contributed by atoms with Crippen LogP contribution in [0.25, 0.3) is 0 Å². The molecule has 3 heteroatoms. The van der Waals surface area contributed by atoms with E-state index in [0.717, 1.165) is 20.6 Å². The van der Waals surface area contributed by atoms with Gasteiger partial charge in [0.2, 0.25) is 0 Å². The van der Waals surface area contributed by atoms with Gasteiger partial charge in [0.25, 0.3) is 0 Å². The first-order chi connectivity index (χ1) is 8.29. The molecule has 17 heavy (non-hydrogen) atoms. The van der Waals surface area contributed by atoms with Gasteiger partial charge in [-0.1, -0.05) is 24.3 Å². The van der Waals surface area contributed by atoms with Crippen LogP contribution in [0.3, 0.4) is 0 Å². The van der Waals surface area contributed by atoms with Crippen LogP contribution in [-0.4, -0.2) is 7.11 Å². The van der Waals surface area contributed by atoms with Crippen molar-refractivity contribution in [3.63, 3.8) is 0 Å². The van der Waals surface area contributed by atoms with Crippen LogP contribution >= 0.6 is 22.6 Å². The smallest absolute Gasteiger partial charge is 0.133 e. The molecule has 0 atom stereocenters. The zero-order valence-electron chi connectivity index (χ0n) is 9.52. The van der Waals surface area contributed by atoms with Crippen molar-refractivity contribution in [1.29, 1.82) is 0 Å². The highest BCUT2D eigenvalue weighted by molar-refractivity contribution is 14.1. The van der Waals surface area contributed by atoms with Crippen LogP contribution in [0.4, 0.5) is 0 Å². The normalized spacial score (nSPS) is 10.0. The second kappa shape index (κ2) is 5.91. The Bertz CT molecular complexity index is 497. The monoisotopic (exact) mass is 340 g/mol. The lowest BCUT2D eigenvalue weighted by Crippen LogP contribution is -1.97. The molecule has 0 saturated heterocycles. The summed E-state index contributed by atoms with van der Waals surface area (Å²) < 4.78 is 12.1. The van der Waals surface area contributed by atoms with Gasteiger partial charge in [-0.2, -0.15) is 0 Å². The molecule has 0 bridgehead atoms. The topological polar surface area (TPSA) is 18.5 Å². The molecule has 2 aromatic rings. The fraction of sp³-hybridized carbons (Fsp3) is 0.143. The van der Waals surface area contributed by atoms with E-state index >= 15 is 0 Å². The molecule has 2 nitrogen and oxygen atoms in total. The first-order valence-corrected chi connectivity index (χ1v) is 6.38. The Kier molecular flexibility index (Phi) is 4.25. The van der Waals surface area contributed by atoms with Crippen LogP contribution in [0.1, 0.15) is 5.56 Å². The Balaban J connectivity index is 2.05. The van der Waals surface area contributed by atoms with Crippen LogP contribution < -0.4 is 9.47 Å². The van der Waals surface area contributed by atoms with Crippen molar-refractivity contribution in [3.8, 4) is 11.5 Å². The van der Waals surface area contributed by atoms with E-state index in [4.69, 9.17) is 9.47 Å². The summed E-state index contributed by atoms with van der Waals surface area (Å²) in [6, 6.07) is 15.9. The minimum Gasteiger partial charge on any atom is -0.497 e. The Morgan fingerprint density at radius 3 is 2.65 bits per heavy atom. The number of methoxy groups -OCH3 is 1. The number of halogens is 1. The molecule has 0 amide bonds. The number of hydrogen-bond donors (Lipinski definition) is 0. The molecular formula is C14H13IO2. The third-order valence-electron chi connectivity index (χ3n) is 2.37. The van der Waals surface area contributed by atoms with Crippen LogP contribution in [-0.2, 0) is 6.61 Å². The second-order valence-corrected chi connectivity index (χ2v) is 4.73. The summed E-state index contributed by atoms with van der Waals surface area (Å²) in [6.45, 7) is 0.553.